The average Bonchev–Trinajstić information content (AvgIpc) is 2.44. The molecule has 0 saturated heterocycles. The number of halogens is 4. The van der Waals surface area contributed by atoms with Crippen LogP contribution in [0.2, 0.25) is 5.02 Å². The molecule has 0 spiro atoms. The molecule has 0 fully saturated rings. The van der Waals surface area contributed by atoms with Gasteiger partial charge in [-0.3, -0.25) is 4.79 Å². The lowest BCUT2D eigenvalue weighted by Gasteiger charge is -2.13. The first-order valence-electron chi connectivity index (χ1n) is 6.24. The normalized spacial score (nSPS) is 12.0. The molecule has 22 heavy (non-hydrogen) atoms. The van der Waals surface area contributed by atoms with Crippen molar-refractivity contribution < 1.29 is 18.0 Å². The van der Waals surface area contributed by atoms with E-state index in [2.05, 4.69) is 5.32 Å². The molecule has 7 heteroatoms. The summed E-state index contributed by atoms with van der Waals surface area (Å²) in [6.45, 7) is 1.57. The van der Waals surface area contributed by atoms with E-state index in [0.29, 0.717) is 0 Å². The Labute approximate surface area is 134 Å². The molecule has 0 aliphatic heterocycles. The van der Waals surface area contributed by atoms with E-state index >= 15 is 0 Å². The fourth-order valence-corrected chi connectivity index (χ4v) is 2.72. The van der Waals surface area contributed by atoms with Gasteiger partial charge in [0.1, 0.15) is 17.5 Å². The molecule has 2 rings (SSSR count). The van der Waals surface area contributed by atoms with Crippen molar-refractivity contribution in [1.29, 1.82) is 0 Å². The zero-order valence-electron chi connectivity index (χ0n) is 11.4. The van der Waals surface area contributed by atoms with E-state index in [4.69, 9.17) is 11.6 Å². The van der Waals surface area contributed by atoms with E-state index in [0.717, 1.165) is 30.0 Å². The molecule has 0 radical (unpaired) electrons. The Morgan fingerprint density at radius 3 is 2.41 bits per heavy atom. The molecule has 116 valence electrons. The lowest BCUT2D eigenvalue weighted by molar-refractivity contribution is -0.115. The third-order valence-corrected chi connectivity index (χ3v) is 4.22. The van der Waals surface area contributed by atoms with E-state index in [-0.39, 0.29) is 15.6 Å². The van der Waals surface area contributed by atoms with Crippen molar-refractivity contribution in [2.45, 2.75) is 17.1 Å². The van der Waals surface area contributed by atoms with E-state index < -0.39 is 28.6 Å². The van der Waals surface area contributed by atoms with Crippen molar-refractivity contribution in [2.24, 2.45) is 0 Å². The number of thioether (sulfide) groups is 1. The predicted molar refractivity (Wildman–Crippen MR) is 81.7 cm³/mol. The maximum absolute atomic E-state index is 13.6. The number of carbonyl (C=O) groups is 1. The molecule has 1 N–H and O–H groups in total. The third kappa shape index (κ3) is 4.18. The Balaban J connectivity index is 2.05. The number of nitrogens with one attached hydrogen (secondary N) is 1. The standard InChI is InChI=1S/C15H11ClF3NOS/c1-8(22-14-5-3-10(18)7-12(14)19)15(21)20-13-4-2-9(17)6-11(13)16/h2-8H,1H3,(H,20,21)/t8-/m0/s1. The first-order valence-corrected chi connectivity index (χ1v) is 7.50. The van der Waals surface area contributed by atoms with Crippen LogP contribution in [-0.2, 0) is 4.79 Å². The van der Waals surface area contributed by atoms with E-state index in [1.807, 2.05) is 0 Å². The van der Waals surface area contributed by atoms with Gasteiger partial charge in [0.2, 0.25) is 5.91 Å². The lowest BCUT2D eigenvalue weighted by atomic mass is 10.3. The summed E-state index contributed by atoms with van der Waals surface area (Å²) < 4.78 is 39.3. The highest BCUT2D eigenvalue weighted by Gasteiger charge is 2.18. The maximum Gasteiger partial charge on any atom is 0.237 e. The molecule has 0 aromatic heterocycles. The Hall–Kier alpha value is -1.66. The molecule has 0 bridgehead atoms. The first-order chi connectivity index (χ1) is 10.4. The maximum atomic E-state index is 13.6. The molecule has 0 heterocycles. The molecule has 0 aliphatic carbocycles. The van der Waals surface area contributed by atoms with Gasteiger partial charge in [-0.2, -0.15) is 0 Å². The number of carbonyl (C=O) groups excluding carboxylic acids is 1. The monoisotopic (exact) mass is 345 g/mol. The van der Waals surface area contributed by atoms with Crippen LogP contribution in [0, 0.1) is 17.5 Å². The van der Waals surface area contributed by atoms with Crippen LogP contribution in [0.15, 0.2) is 41.3 Å². The largest absolute Gasteiger partial charge is 0.324 e. The van der Waals surface area contributed by atoms with E-state index in [9.17, 15) is 18.0 Å². The fraction of sp³-hybridized carbons (Fsp3) is 0.133. The molecule has 2 aromatic carbocycles. The lowest BCUT2D eigenvalue weighted by Crippen LogP contribution is -2.22. The third-order valence-electron chi connectivity index (χ3n) is 2.76. The summed E-state index contributed by atoms with van der Waals surface area (Å²) in [5.41, 5.74) is 0.264. The summed E-state index contributed by atoms with van der Waals surface area (Å²) in [7, 11) is 0. The SMILES string of the molecule is C[C@H](Sc1ccc(F)cc1F)C(=O)Nc1ccc(F)cc1Cl. The number of hydrogen-bond donors (Lipinski definition) is 1. The van der Waals surface area contributed by atoms with Gasteiger partial charge in [-0.15, -0.1) is 11.8 Å². The minimum Gasteiger partial charge on any atom is -0.324 e. The summed E-state index contributed by atoms with van der Waals surface area (Å²) in [5.74, 6) is -2.36. The van der Waals surface area contributed by atoms with Gasteiger partial charge in [0.25, 0.3) is 0 Å². The Morgan fingerprint density at radius 2 is 1.77 bits per heavy atom. The Morgan fingerprint density at radius 1 is 1.14 bits per heavy atom. The van der Waals surface area contributed by atoms with Crippen LogP contribution in [0.3, 0.4) is 0 Å². The summed E-state index contributed by atoms with van der Waals surface area (Å²) in [6.07, 6.45) is 0. The van der Waals surface area contributed by atoms with Crippen LogP contribution in [0.4, 0.5) is 18.9 Å². The van der Waals surface area contributed by atoms with Crippen LogP contribution >= 0.6 is 23.4 Å². The minimum atomic E-state index is -0.732. The van der Waals surface area contributed by atoms with Crippen LogP contribution in [0.1, 0.15) is 6.92 Å². The molecule has 1 atom stereocenters. The van der Waals surface area contributed by atoms with E-state index in [1.54, 1.807) is 6.92 Å². The van der Waals surface area contributed by atoms with Gasteiger partial charge in [-0.1, -0.05) is 11.6 Å². The Bertz CT molecular complexity index is 711. The van der Waals surface area contributed by atoms with Crippen molar-refractivity contribution in [2.75, 3.05) is 5.32 Å². The number of rotatable bonds is 4. The van der Waals surface area contributed by atoms with Crippen molar-refractivity contribution >= 4 is 35.0 Å². The van der Waals surface area contributed by atoms with Crippen LogP contribution in [0.25, 0.3) is 0 Å². The predicted octanol–water partition coefficient (Wildman–Crippen LogP) is 4.88. The smallest absolute Gasteiger partial charge is 0.237 e. The van der Waals surface area contributed by atoms with Gasteiger partial charge >= 0.3 is 0 Å². The molecular weight excluding hydrogens is 335 g/mol. The number of amides is 1. The molecule has 0 saturated carbocycles. The quantitative estimate of drug-likeness (QED) is 0.800. The summed E-state index contributed by atoms with van der Waals surface area (Å²) in [4.78, 5) is 12.2. The summed E-state index contributed by atoms with van der Waals surface area (Å²) in [6, 6.07) is 6.72. The topological polar surface area (TPSA) is 29.1 Å². The van der Waals surface area contributed by atoms with Crippen LogP contribution in [-0.4, -0.2) is 11.2 Å². The molecule has 0 aliphatic rings. The zero-order valence-corrected chi connectivity index (χ0v) is 12.9. The van der Waals surface area contributed by atoms with E-state index in [1.165, 1.54) is 18.2 Å². The summed E-state index contributed by atoms with van der Waals surface area (Å²) in [5, 5.41) is 1.95. The molecule has 1 amide bonds. The van der Waals surface area contributed by atoms with Gasteiger partial charge in [-0.25, -0.2) is 13.2 Å². The van der Waals surface area contributed by atoms with Gasteiger partial charge in [0, 0.05) is 11.0 Å². The molecule has 2 nitrogen and oxygen atoms in total. The average molecular weight is 346 g/mol. The molecular formula is C15H11ClF3NOS. The second kappa shape index (κ2) is 7.07. The van der Waals surface area contributed by atoms with Gasteiger partial charge < -0.3 is 5.32 Å². The highest BCUT2D eigenvalue weighted by atomic mass is 35.5. The van der Waals surface area contributed by atoms with Gasteiger partial charge in [0.15, 0.2) is 0 Å². The van der Waals surface area contributed by atoms with Crippen LogP contribution < -0.4 is 5.32 Å². The highest BCUT2D eigenvalue weighted by Crippen LogP contribution is 2.28. The van der Waals surface area contributed by atoms with Crippen molar-refractivity contribution in [3.05, 3.63) is 58.9 Å². The van der Waals surface area contributed by atoms with Crippen molar-refractivity contribution in [3.8, 4) is 0 Å². The molecule has 2 aromatic rings. The second-order valence-electron chi connectivity index (χ2n) is 4.45. The zero-order chi connectivity index (χ0) is 16.3. The Kier molecular flexibility index (Phi) is 5.37. The van der Waals surface area contributed by atoms with Crippen molar-refractivity contribution in [3.63, 3.8) is 0 Å². The number of anilines is 1. The van der Waals surface area contributed by atoms with Crippen molar-refractivity contribution in [1.82, 2.24) is 0 Å². The fourth-order valence-electron chi connectivity index (χ4n) is 1.64. The number of benzene rings is 2. The minimum absolute atomic E-state index is 0.0681. The first kappa shape index (κ1) is 16.7. The highest BCUT2D eigenvalue weighted by molar-refractivity contribution is 8.00. The van der Waals surface area contributed by atoms with Gasteiger partial charge in [-0.05, 0) is 37.3 Å². The van der Waals surface area contributed by atoms with Gasteiger partial charge in [0.05, 0.1) is 16.0 Å². The second-order valence-corrected chi connectivity index (χ2v) is 6.24. The molecule has 0 unspecified atom stereocenters. The number of hydrogen-bond acceptors (Lipinski definition) is 2. The summed E-state index contributed by atoms with van der Waals surface area (Å²) >= 11 is 6.76. The van der Waals surface area contributed by atoms with Crippen LogP contribution in [0.5, 0.6) is 0 Å².